The fourth-order valence-electron chi connectivity index (χ4n) is 1.94. The summed E-state index contributed by atoms with van der Waals surface area (Å²) in [4.78, 5) is 35.7. The Balaban J connectivity index is 2.27. The first-order valence-corrected chi connectivity index (χ1v) is 6.31. The Labute approximate surface area is 120 Å². The highest BCUT2D eigenvalue weighted by Gasteiger charge is 2.12. The number of rotatable bonds is 3. The van der Waals surface area contributed by atoms with Crippen LogP contribution in [0.25, 0.3) is 0 Å². The molecule has 0 aliphatic carbocycles. The summed E-state index contributed by atoms with van der Waals surface area (Å²) < 4.78 is 1.97. The SMILES string of the molecule is Cc1ccccc1NC(=O)Cn1c(=O)c(N)cn(C)c1=O. The van der Waals surface area contributed by atoms with Gasteiger partial charge in [0.25, 0.3) is 5.56 Å². The minimum Gasteiger partial charge on any atom is -0.393 e. The van der Waals surface area contributed by atoms with Crippen molar-refractivity contribution in [1.29, 1.82) is 0 Å². The zero-order valence-electron chi connectivity index (χ0n) is 11.8. The van der Waals surface area contributed by atoms with E-state index in [1.54, 1.807) is 12.1 Å². The number of anilines is 2. The van der Waals surface area contributed by atoms with Gasteiger partial charge in [0.2, 0.25) is 5.91 Å². The monoisotopic (exact) mass is 288 g/mol. The highest BCUT2D eigenvalue weighted by atomic mass is 16.2. The molecular formula is C14H16N4O3. The summed E-state index contributed by atoms with van der Waals surface area (Å²) in [5.74, 6) is -0.464. The van der Waals surface area contributed by atoms with E-state index in [2.05, 4.69) is 5.32 Å². The van der Waals surface area contributed by atoms with Crippen LogP contribution < -0.4 is 22.3 Å². The largest absolute Gasteiger partial charge is 0.393 e. The van der Waals surface area contributed by atoms with E-state index in [4.69, 9.17) is 5.73 Å². The van der Waals surface area contributed by atoms with Crippen molar-refractivity contribution in [2.75, 3.05) is 11.1 Å². The second kappa shape index (κ2) is 5.66. The Hall–Kier alpha value is -2.83. The fraction of sp³-hybridized carbons (Fsp3) is 0.214. The van der Waals surface area contributed by atoms with E-state index in [0.717, 1.165) is 14.7 Å². The number of aromatic nitrogens is 2. The molecule has 0 saturated carbocycles. The van der Waals surface area contributed by atoms with Crippen LogP contribution in [0.1, 0.15) is 5.56 Å². The Morgan fingerprint density at radius 1 is 1.29 bits per heavy atom. The van der Waals surface area contributed by atoms with E-state index in [9.17, 15) is 14.4 Å². The van der Waals surface area contributed by atoms with Crippen LogP contribution in [-0.2, 0) is 18.4 Å². The van der Waals surface area contributed by atoms with Gasteiger partial charge in [-0.25, -0.2) is 9.36 Å². The number of carbonyl (C=O) groups excluding carboxylic acids is 1. The number of nitrogens with zero attached hydrogens (tertiary/aromatic N) is 2. The number of carbonyl (C=O) groups is 1. The predicted molar refractivity (Wildman–Crippen MR) is 80.2 cm³/mol. The molecule has 0 atom stereocenters. The first kappa shape index (κ1) is 14.6. The van der Waals surface area contributed by atoms with Crippen molar-refractivity contribution in [2.24, 2.45) is 7.05 Å². The summed E-state index contributed by atoms with van der Waals surface area (Å²) in [5.41, 5.74) is 5.70. The van der Waals surface area contributed by atoms with Gasteiger partial charge in [0, 0.05) is 18.9 Å². The molecule has 0 aliphatic rings. The zero-order valence-corrected chi connectivity index (χ0v) is 11.8. The van der Waals surface area contributed by atoms with Gasteiger partial charge in [-0.2, -0.15) is 0 Å². The van der Waals surface area contributed by atoms with Gasteiger partial charge >= 0.3 is 5.69 Å². The first-order chi connectivity index (χ1) is 9.90. The number of benzene rings is 1. The summed E-state index contributed by atoms with van der Waals surface area (Å²) in [6.45, 7) is 1.46. The molecular weight excluding hydrogens is 272 g/mol. The molecule has 0 bridgehead atoms. The predicted octanol–water partition coefficient (Wildman–Crippen LogP) is 0.0763. The van der Waals surface area contributed by atoms with E-state index in [-0.39, 0.29) is 12.2 Å². The summed E-state index contributed by atoms with van der Waals surface area (Å²) in [6.07, 6.45) is 1.24. The summed E-state index contributed by atoms with van der Waals surface area (Å²) >= 11 is 0. The molecule has 0 spiro atoms. The second-order valence-corrected chi connectivity index (χ2v) is 4.73. The van der Waals surface area contributed by atoms with Crippen LogP contribution in [0.5, 0.6) is 0 Å². The summed E-state index contributed by atoms with van der Waals surface area (Å²) in [6, 6.07) is 7.23. The van der Waals surface area contributed by atoms with E-state index >= 15 is 0 Å². The van der Waals surface area contributed by atoms with Crippen molar-refractivity contribution in [3.63, 3.8) is 0 Å². The lowest BCUT2D eigenvalue weighted by molar-refractivity contribution is -0.116. The normalized spacial score (nSPS) is 10.4. The van der Waals surface area contributed by atoms with E-state index in [1.807, 2.05) is 19.1 Å². The third kappa shape index (κ3) is 3.02. The van der Waals surface area contributed by atoms with Gasteiger partial charge < -0.3 is 15.6 Å². The molecule has 0 aliphatic heterocycles. The number of nitrogens with two attached hydrogens (primary N) is 1. The molecule has 1 aromatic carbocycles. The highest BCUT2D eigenvalue weighted by Crippen LogP contribution is 2.12. The second-order valence-electron chi connectivity index (χ2n) is 4.73. The highest BCUT2D eigenvalue weighted by molar-refractivity contribution is 5.91. The lowest BCUT2D eigenvalue weighted by Gasteiger charge is -2.10. The minimum absolute atomic E-state index is 0.0826. The van der Waals surface area contributed by atoms with Crippen LogP contribution in [0.15, 0.2) is 40.1 Å². The Morgan fingerprint density at radius 2 is 1.95 bits per heavy atom. The number of hydrogen-bond acceptors (Lipinski definition) is 4. The molecule has 2 aromatic rings. The van der Waals surface area contributed by atoms with Crippen LogP contribution in [0.3, 0.4) is 0 Å². The van der Waals surface area contributed by atoms with Crippen LogP contribution in [0, 0.1) is 6.92 Å². The van der Waals surface area contributed by atoms with Crippen LogP contribution in [0.2, 0.25) is 0 Å². The molecule has 0 unspecified atom stereocenters. The molecule has 3 N–H and O–H groups in total. The molecule has 0 radical (unpaired) electrons. The third-order valence-corrected chi connectivity index (χ3v) is 3.08. The molecule has 1 aromatic heterocycles. The van der Waals surface area contributed by atoms with Gasteiger partial charge in [-0.1, -0.05) is 18.2 Å². The molecule has 0 fully saturated rings. The molecule has 1 amide bonds. The zero-order chi connectivity index (χ0) is 15.6. The number of nitrogens with one attached hydrogen (secondary N) is 1. The summed E-state index contributed by atoms with van der Waals surface area (Å²) in [5, 5.41) is 2.66. The average molecular weight is 288 g/mol. The number of para-hydroxylation sites is 1. The maximum absolute atomic E-state index is 12.0. The lowest BCUT2D eigenvalue weighted by Crippen LogP contribution is -2.42. The molecule has 21 heavy (non-hydrogen) atoms. The Kier molecular flexibility index (Phi) is 3.93. The number of aryl methyl sites for hydroxylation is 2. The molecule has 2 rings (SSSR count). The number of nitrogen functional groups attached to an aromatic ring is 1. The maximum Gasteiger partial charge on any atom is 0.331 e. The van der Waals surface area contributed by atoms with Gasteiger partial charge in [0.1, 0.15) is 12.2 Å². The average Bonchev–Trinajstić information content (AvgIpc) is 2.44. The third-order valence-electron chi connectivity index (χ3n) is 3.08. The first-order valence-electron chi connectivity index (χ1n) is 6.31. The lowest BCUT2D eigenvalue weighted by atomic mass is 10.2. The van der Waals surface area contributed by atoms with Crippen molar-refractivity contribution in [3.05, 3.63) is 56.9 Å². The molecule has 7 heteroatoms. The standard InChI is InChI=1S/C14H16N4O3/c1-9-5-3-4-6-11(9)16-12(19)8-18-13(20)10(15)7-17(2)14(18)21/h3-7H,8,15H2,1-2H3,(H,16,19). The van der Waals surface area contributed by atoms with Crippen molar-refractivity contribution in [3.8, 4) is 0 Å². The van der Waals surface area contributed by atoms with E-state index in [0.29, 0.717) is 5.69 Å². The topological polar surface area (TPSA) is 99.1 Å². The molecule has 7 nitrogen and oxygen atoms in total. The van der Waals surface area contributed by atoms with Gasteiger partial charge in [-0.15, -0.1) is 0 Å². The number of amides is 1. The van der Waals surface area contributed by atoms with Crippen molar-refractivity contribution < 1.29 is 4.79 Å². The van der Waals surface area contributed by atoms with Crippen molar-refractivity contribution >= 4 is 17.3 Å². The van der Waals surface area contributed by atoms with Gasteiger partial charge in [0.15, 0.2) is 0 Å². The van der Waals surface area contributed by atoms with Gasteiger partial charge in [-0.3, -0.25) is 9.59 Å². The van der Waals surface area contributed by atoms with Crippen LogP contribution in [-0.4, -0.2) is 15.0 Å². The van der Waals surface area contributed by atoms with Gasteiger partial charge in [-0.05, 0) is 18.6 Å². The molecule has 110 valence electrons. The maximum atomic E-state index is 12.0. The van der Waals surface area contributed by atoms with Crippen LogP contribution >= 0.6 is 0 Å². The minimum atomic E-state index is -0.668. The Bertz CT molecular complexity index is 770. The quantitative estimate of drug-likeness (QED) is 0.835. The van der Waals surface area contributed by atoms with Crippen molar-refractivity contribution in [2.45, 2.75) is 13.5 Å². The fourth-order valence-corrected chi connectivity index (χ4v) is 1.94. The smallest absolute Gasteiger partial charge is 0.331 e. The van der Waals surface area contributed by atoms with E-state index < -0.39 is 17.2 Å². The number of hydrogen-bond donors (Lipinski definition) is 2. The molecule has 0 saturated heterocycles. The van der Waals surface area contributed by atoms with E-state index in [1.165, 1.54) is 13.2 Å². The summed E-state index contributed by atoms with van der Waals surface area (Å²) in [7, 11) is 1.47. The van der Waals surface area contributed by atoms with Gasteiger partial charge in [0.05, 0.1) is 0 Å². The molecule has 1 heterocycles. The van der Waals surface area contributed by atoms with Crippen LogP contribution in [0.4, 0.5) is 11.4 Å². The Morgan fingerprint density at radius 3 is 2.62 bits per heavy atom. The van der Waals surface area contributed by atoms with Crippen molar-refractivity contribution in [1.82, 2.24) is 9.13 Å².